The number of aryl methyl sites for hydroxylation is 1. The first-order valence-electron chi connectivity index (χ1n) is 6.88. The molecule has 0 unspecified atom stereocenters. The van der Waals surface area contributed by atoms with Gasteiger partial charge in [0.05, 0.1) is 11.4 Å². The quantitative estimate of drug-likeness (QED) is 0.709. The standard InChI is InChI=1S/C13H15N7S/c1-10-8-11(12-16-15-9-20(12)17-10)18-3-5-19(6-4-18)13-14-2-7-21-13/h2,7-9H,3-6H2,1H3. The molecule has 0 aliphatic carbocycles. The first-order chi connectivity index (χ1) is 10.3. The molecule has 0 spiro atoms. The van der Waals surface area contributed by atoms with Crippen molar-refractivity contribution in [2.75, 3.05) is 36.0 Å². The second-order valence-corrected chi connectivity index (χ2v) is 5.93. The van der Waals surface area contributed by atoms with Crippen molar-refractivity contribution in [3.8, 4) is 0 Å². The minimum atomic E-state index is 0.822. The Morgan fingerprint density at radius 1 is 1.14 bits per heavy atom. The van der Waals surface area contributed by atoms with Crippen LogP contribution in [0.5, 0.6) is 0 Å². The third-order valence-corrected chi connectivity index (χ3v) is 4.51. The number of aromatic nitrogens is 5. The Morgan fingerprint density at radius 2 is 1.95 bits per heavy atom. The van der Waals surface area contributed by atoms with Crippen molar-refractivity contribution in [3.05, 3.63) is 29.7 Å². The van der Waals surface area contributed by atoms with Crippen molar-refractivity contribution in [2.45, 2.75) is 6.92 Å². The number of anilines is 2. The molecule has 0 bridgehead atoms. The Hall–Kier alpha value is -2.22. The fourth-order valence-corrected chi connectivity index (χ4v) is 3.37. The highest BCUT2D eigenvalue weighted by Crippen LogP contribution is 2.24. The lowest BCUT2D eigenvalue weighted by atomic mass is 10.2. The zero-order valence-electron chi connectivity index (χ0n) is 11.7. The van der Waals surface area contributed by atoms with Gasteiger partial charge in [0.15, 0.2) is 5.13 Å². The molecule has 4 heterocycles. The SMILES string of the molecule is Cc1cc(N2CCN(c3nccs3)CC2)c2nncn2n1. The van der Waals surface area contributed by atoms with Gasteiger partial charge >= 0.3 is 0 Å². The van der Waals surface area contributed by atoms with Gasteiger partial charge in [0.1, 0.15) is 6.33 Å². The van der Waals surface area contributed by atoms with E-state index in [-0.39, 0.29) is 0 Å². The van der Waals surface area contributed by atoms with Crippen LogP contribution in [0.15, 0.2) is 24.0 Å². The monoisotopic (exact) mass is 301 g/mol. The second kappa shape index (κ2) is 4.96. The van der Waals surface area contributed by atoms with Crippen LogP contribution in [-0.4, -0.2) is 51.0 Å². The zero-order valence-corrected chi connectivity index (χ0v) is 12.5. The molecule has 1 fully saturated rings. The fraction of sp³-hybridized carbons (Fsp3) is 0.385. The lowest BCUT2D eigenvalue weighted by Crippen LogP contribution is -2.46. The number of thiazole rings is 1. The number of piperazine rings is 1. The third kappa shape index (κ3) is 2.21. The topological polar surface area (TPSA) is 62.5 Å². The number of nitrogens with zero attached hydrogens (tertiary/aromatic N) is 7. The first kappa shape index (κ1) is 12.5. The summed E-state index contributed by atoms with van der Waals surface area (Å²) in [5.74, 6) is 0. The molecule has 0 aromatic carbocycles. The minimum absolute atomic E-state index is 0.822. The van der Waals surface area contributed by atoms with Crippen LogP contribution in [0.4, 0.5) is 10.8 Å². The van der Waals surface area contributed by atoms with Crippen LogP contribution in [0.25, 0.3) is 5.65 Å². The van der Waals surface area contributed by atoms with Gasteiger partial charge in [0, 0.05) is 37.8 Å². The summed E-state index contributed by atoms with van der Waals surface area (Å²) < 4.78 is 1.75. The van der Waals surface area contributed by atoms with Gasteiger partial charge in [-0.2, -0.15) is 9.61 Å². The highest BCUT2D eigenvalue weighted by Gasteiger charge is 2.21. The van der Waals surface area contributed by atoms with E-state index in [0.29, 0.717) is 0 Å². The largest absolute Gasteiger partial charge is 0.365 e. The molecule has 0 atom stereocenters. The van der Waals surface area contributed by atoms with Crippen molar-refractivity contribution in [1.29, 1.82) is 0 Å². The Kier molecular flexibility index (Phi) is 2.95. The average molecular weight is 301 g/mol. The van der Waals surface area contributed by atoms with Crippen molar-refractivity contribution in [3.63, 3.8) is 0 Å². The first-order valence-corrected chi connectivity index (χ1v) is 7.76. The molecular formula is C13H15N7S. The van der Waals surface area contributed by atoms with Gasteiger partial charge in [-0.1, -0.05) is 0 Å². The summed E-state index contributed by atoms with van der Waals surface area (Å²) in [6.07, 6.45) is 3.51. The molecule has 4 rings (SSSR count). The van der Waals surface area contributed by atoms with Crippen LogP contribution in [0.3, 0.4) is 0 Å². The highest BCUT2D eigenvalue weighted by molar-refractivity contribution is 7.13. The van der Waals surface area contributed by atoms with E-state index in [1.807, 2.05) is 18.5 Å². The average Bonchev–Trinajstić information content (AvgIpc) is 3.17. The van der Waals surface area contributed by atoms with Gasteiger partial charge in [-0.05, 0) is 13.0 Å². The van der Waals surface area contributed by atoms with Gasteiger partial charge in [-0.25, -0.2) is 4.98 Å². The zero-order chi connectivity index (χ0) is 14.2. The smallest absolute Gasteiger partial charge is 0.200 e. The normalized spacial score (nSPS) is 15.9. The molecule has 0 saturated carbocycles. The number of hydrogen-bond acceptors (Lipinski definition) is 7. The van der Waals surface area contributed by atoms with Gasteiger partial charge in [-0.15, -0.1) is 21.5 Å². The molecule has 8 heteroatoms. The molecule has 0 amide bonds. The lowest BCUT2D eigenvalue weighted by molar-refractivity contribution is 0.651. The van der Waals surface area contributed by atoms with Gasteiger partial charge in [-0.3, -0.25) is 0 Å². The lowest BCUT2D eigenvalue weighted by Gasteiger charge is -2.35. The van der Waals surface area contributed by atoms with Crippen molar-refractivity contribution in [2.24, 2.45) is 0 Å². The molecule has 1 aliphatic heterocycles. The van der Waals surface area contributed by atoms with Gasteiger partial charge < -0.3 is 9.80 Å². The maximum Gasteiger partial charge on any atom is 0.200 e. The summed E-state index contributed by atoms with van der Waals surface area (Å²) in [5, 5.41) is 15.7. The van der Waals surface area contributed by atoms with Crippen LogP contribution in [0.1, 0.15) is 5.69 Å². The predicted molar refractivity (Wildman–Crippen MR) is 82.1 cm³/mol. The van der Waals surface area contributed by atoms with E-state index in [4.69, 9.17) is 0 Å². The molecular weight excluding hydrogens is 286 g/mol. The predicted octanol–water partition coefficient (Wildman–Crippen LogP) is 1.22. The van der Waals surface area contributed by atoms with Crippen molar-refractivity contribution >= 4 is 27.8 Å². The van der Waals surface area contributed by atoms with E-state index in [1.54, 1.807) is 22.2 Å². The van der Waals surface area contributed by atoms with Crippen molar-refractivity contribution in [1.82, 2.24) is 24.8 Å². The summed E-state index contributed by atoms with van der Waals surface area (Å²) in [4.78, 5) is 9.06. The number of hydrogen-bond donors (Lipinski definition) is 0. The maximum absolute atomic E-state index is 4.39. The Bertz CT molecular complexity index is 743. The molecule has 1 saturated heterocycles. The summed E-state index contributed by atoms with van der Waals surface area (Å²) in [5.41, 5.74) is 2.90. The molecule has 0 N–H and O–H groups in total. The molecule has 3 aromatic heterocycles. The van der Waals surface area contributed by atoms with E-state index >= 15 is 0 Å². The van der Waals surface area contributed by atoms with Crippen LogP contribution in [0, 0.1) is 6.92 Å². The fourth-order valence-electron chi connectivity index (χ4n) is 2.68. The van der Waals surface area contributed by atoms with E-state index in [2.05, 4.69) is 36.1 Å². The maximum atomic E-state index is 4.39. The van der Waals surface area contributed by atoms with Crippen LogP contribution >= 0.6 is 11.3 Å². The summed E-state index contributed by atoms with van der Waals surface area (Å²) in [6.45, 7) is 5.83. The Balaban J connectivity index is 1.59. The van der Waals surface area contributed by atoms with Gasteiger partial charge in [0.25, 0.3) is 0 Å². The number of rotatable bonds is 2. The molecule has 0 radical (unpaired) electrons. The second-order valence-electron chi connectivity index (χ2n) is 5.06. The van der Waals surface area contributed by atoms with E-state index in [0.717, 1.165) is 48.3 Å². The van der Waals surface area contributed by atoms with E-state index in [1.165, 1.54) is 0 Å². The van der Waals surface area contributed by atoms with Crippen LogP contribution in [-0.2, 0) is 0 Å². The van der Waals surface area contributed by atoms with Gasteiger partial charge in [0.2, 0.25) is 5.65 Å². The highest BCUT2D eigenvalue weighted by atomic mass is 32.1. The summed E-state index contributed by atoms with van der Waals surface area (Å²) >= 11 is 1.69. The Morgan fingerprint density at radius 3 is 2.71 bits per heavy atom. The van der Waals surface area contributed by atoms with Crippen LogP contribution in [0.2, 0.25) is 0 Å². The molecule has 7 nitrogen and oxygen atoms in total. The van der Waals surface area contributed by atoms with Crippen LogP contribution < -0.4 is 9.80 Å². The molecule has 21 heavy (non-hydrogen) atoms. The summed E-state index contributed by atoms with van der Waals surface area (Å²) in [6, 6.07) is 2.09. The summed E-state index contributed by atoms with van der Waals surface area (Å²) in [7, 11) is 0. The third-order valence-electron chi connectivity index (χ3n) is 3.68. The van der Waals surface area contributed by atoms with E-state index in [9.17, 15) is 0 Å². The van der Waals surface area contributed by atoms with Crippen molar-refractivity contribution < 1.29 is 0 Å². The molecule has 3 aromatic rings. The minimum Gasteiger partial charge on any atom is -0.365 e. The number of fused-ring (bicyclic) bond motifs is 1. The van der Waals surface area contributed by atoms with E-state index < -0.39 is 0 Å². The molecule has 108 valence electrons. The molecule has 1 aliphatic rings. The Labute approximate surface area is 125 Å².